The standard InChI is InChI=1S/C16H13ClF3NO2/c1-2-23-14-6-4-3-5-11(14)15(22)21-13-9-10(16(18,19)20)7-8-12(13)17/h3-9H,2H2,1H3,(H,21,22). The highest BCUT2D eigenvalue weighted by Gasteiger charge is 2.31. The second kappa shape index (κ2) is 6.91. The van der Waals surface area contributed by atoms with Crippen LogP contribution in [0.1, 0.15) is 22.8 Å². The number of halogens is 4. The molecular formula is C16H13ClF3NO2. The number of carbonyl (C=O) groups is 1. The summed E-state index contributed by atoms with van der Waals surface area (Å²) in [5.41, 5.74) is -0.795. The van der Waals surface area contributed by atoms with Crippen LogP contribution >= 0.6 is 11.6 Å². The summed E-state index contributed by atoms with van der Waals surface area (Å²) in [5, 5.41) is 2.40. The van der Waals surface area contributed by atoms with Crippen molar-refractivity contribution in [2.45, 2.75) is 13.1 Å². The fourth-order valence-corrected chi connectivity index (χ4v) is 2.09. The van der Waals surface area contributed by atoms with Crippen LogP contribution in [0.4, 0.5) is 18.9 Å². The number of anilines is 1. The van der Waals surface area contributed by atoms with E-state index >= 15 is 0 Å². The molecule has 0 bridgehead atoms. The van der Waals surface area contributed by atoms with Crippen molar-refractivity contribution in [1.29, 1.82) is 0 Å². The Kier molecular flexibility index (Phi) is 5.15. The second-order valence-corrected chi connectivity index (χ2v) is 4.98. The molecule has 0 aliphatic rings. The fraction of sp³-hybridized carbons (Fsp3) is 0.188. The van der Waals surface area contributed by atoms with E-state index in [1.165, 1.54) is 6.07 Å². The van der Waals surface area contributed by atoms with Crippen LogP contribution in [0, 0.1) is 0 Å². The Morgan fingerprint density at radius 1 is 1.22 bits per heavy atom. The molecule has 2 aromatic rings. The predicted molar refractivity (Wildman–Crippen MR) is 82.0 cm³/mol. The third-order valence-electron chi connectivity index (χ3n) is 2.97. The van der Waals surface area contributed by atoms with Crippen LogP contribution in [-0.2, 0) is 6.18 Å². The zero-order valence-electron chi connectivity index (χ0n) is 12.1. The van der Waals surface area contributed by atoms with Crippen molar-refractivity contribution in [3.05, 3.63) is 58.6 Å². The van der Waals surface area contributed by atoms with Gasteiger partial charge in [0.05, 0.1) is 28.4 Å². The molecule has 0 saturated heterocycles. The highest BCUT2D eigenvalue weighted by atomic mass is 35.5. The molecule has 0 fully saturated rings. The largest absolute Gasteiger partial charge is 0.493 e. The van der Waals surface area contributed by atoms with Crippen LogP contribution in [0.5, 0.6) is 5.75 Å². The van der Waals surface area contributed by atoms with Gasteiger partial charge in [-0.2, -0.15) is 13.2 Å². The summed E-state index contributed by atoms with van der Waals surface area (Å²) in [5.74, 6) is -0.258. The molecule has 0 heterocycles. The SMILES string of the molecule is CCOc1ccccc1C(=O)Nc1cc(C(F)(F)F)ccc1Cl. The normalized spacial score (nSPS) is 11.2. The van der Waals surface area contributed by atoms with Crippen LogP contribution < -0.4 is 10.1 Å². The van der Waals surface area contributed by atoms with Crippen molar-refractivity contribution in [3.8, 4) is 5.75 Å². The van der Waals surface area contributed by atoms with E-state index in [0.29, 0.717) is 12.4 Å². The van der Waals surface area contributed by atoms with Gasteiger partial charge in [-0.25, -0.2) is 0 Å². The van der Waals surface area contributed by atoms with Crippen molar-refractivity contribution >= 4 is 23.2 Å². The van der Waals surface area contributed by atoms with Crippen molar-refractivity contribution in [2.24, 2.45) is 0 Å². The molecule has 1 N–H and O–H groups in total. The third kappa shape index (κ3) is 4.16. The molecule has 1 amide bonds. The Labute approximate surface area is 136 Å². The molecule has 0 saturated carbocycles. The first kappa shape index (κ1) is 17.1. The van der Waals surface area contributed by atoms with E-state index in [0.717, 1.165) is 18.2 Å². The lowest BCUT2D eigenvalue weighted by Gasteiger charge is -2.13. The van der Waals surface area contributed by atoms with Crippen molar-refractivity contribution in [2.75, 3.05) is 11.9 Å². The van der Waals surface area contributed by atoms with Crippen LogP contribution in [-0.4, -0.2) is 12.5 Å². The molecule has 0 aliphatic carbocycles. The quantitative estimate of drug-likeness (QED) is 0.847. The molecule has 2 aromatic carbocycles. The van der Waals surface area contributed by atoms with Gasteiger partial charge in [-0.05, 0) is 37.3 Å². The van der Waals surface area contributed by atoms with Crippen LogP contribution in [0.3, 0.4) is 0 Å². The van der Waals surface area contributed by atoms with Gasteiger partial charge in [0.2, 0.25) is 0 Å². The minimum Gasteiger partial charge on any atom is -0.493 e. The Hall–Kier alpha value is -2.21. The molecule has 0 spiro atoms. The highest BCUT2D eigenvalue weighted by Crippen LogP contribution is 2.34. The van der Waals surface area contributed by atoms with E-state index in [2.05, 4.69) is 5.32 Å². The van der Waals surface area contributed by atoms with Gasteiger partial charge < -0.3 is 10.1 Å². The molecule has 0 radical (unpaired) electrons. The van der Waals surface area contributed by atoms with Crippen molar-refractivity contribution in [3.63, 3.8) is 0 Å². The number of ether oxygens (including phenoxy) is 1. The Balaban J connectivity index is 2.31. The Morgan fingerprint density at radius 2 is 1.91 bits per heavy atom. The van der Waals surface area contributed by atoms with Crippen LogP contribution in [0.2, 0.25) is 5.02 Å². The highest BCUT2D eigenvalue weighted by molar-refractivity contribution is 6.34. The molecule has 3 nitrogen and oxygen atoms in total. The number of amides is 1. The molecule has 0 unspecified atom stereocenters. The molecule has 2 rings (SSSR count). The van der Waals surface area contributed by atoms with Gasteiger partial charge in [0, 0.05) is 0 Å². The third-order valence-corrected chi connectivity index (χ3v) is 3.30. The summed E-state index contributed by atoms with van der Waals surface area (Å²) in [6, 6.07) is 9.18. The summed E-state index contributed by atoms with van der Waals surface area (Å²) in [6.07, 6.45) is -4.52. The summed E-state index contributed by atoms with van der Waals surface area (Å²) in [7, 11) is 0. The number of hydrogen-bond donors (Lipinski definition) is 1. The first-order chi connectivity index (χ1) is 10.8. The minimum atomic E-state index is -4.52. The number of hydrogen-bond acceptors (Lipinski definition) is 2. The molecule has 0 aromatic heterocycles. The smallest absolute Gasteiger partial charge is 0.416 e. The van der Waals surface area contributed by atoms with Crippen LogP contribution in [0.25, 0.3) is 0 Å². The molecule has 23 heavy (non-hydrogen) atoms. The topological polar surface area (TPSA) is 38.3 Å². The number of rotatable bonds is 4. The second-order valence-electron chi connectivity index (χ2n) is 4.58. The number of alkyl halides is 3. The lowest BCUT2D eigenvalue weighted by atomic mass is 10.1. The molecule has 122 valence electrons. The first-order valence-corrected chi connectivity index (χ1v) is 7.10. The van der Waals surface area contributed by atoms with E-state index in [1.807, 2.05) is 0 Å². The Morgan fingerprint density at radius 3 is 2.57 bits per heavy atom. The number of carbonyl (C=O) groups excluding carboxylic acids is 1. The van der Waals surface area contributed by atoms with Crippen LogP contribution in [0.15, 0.2) is 42.5 Å². The monoisotopic (exact) mass is 343 g/mol. The summed E-state index contributed by atoms with van der Waals surface area (Å²) in [4.78, 5) is 12.3. The van der Waals surface area contributed by atoms with Gasteiger partial charge in [-0.3, -0.25) is 4.79 Å². The maximum Gasteiger partial charge on any atom is 0.416 e. The number of para-hydroxylation sites is 1. The lowest BCUT2D eigenvalue weighted by molar-refractivity contribution is -0.137. The molecule has 7 heteroatoms. The van der Waals surface area contributed by atoms with E-state index in [-0.39, 0.29) is 16.3 Å². The van der Waals surface area contributed by atoms with Gasteiger partial charge in [0.1, 0.15) is 5.75 Å². The van der Waals surface area contributed by atoms with E-state index < -0.39 is 17.6 Å². The Bertz CT molecular complexity index is 717. The first-order valence-electron chi connectivity index (χ1n) is 6.73. The predicted octanol–water partition coefficient (Wildman–Crippen LogP) is 5.01. The molecule has 0 atom stereocenters. The minimum absolute atomic E-state index is 0.0141. The van der Waals surface area contributed by atoms with Gasteiger partial charge in [0.25, 0.3) is 5.91 Å². The molecular weight excluding hydrogens is 331 g/mol. The van der Waals surface area contributed by atoms with E-state index in [9.17, 15) is 18.0 Å². The van der Waals surface area contributed by atoms with Gasteiger partial charge in [-0.1, -0.05) is 23.7 Å². The average molecular weight is 344 g/mol. The maximum atomic E-state index is 12.7. The summed E-state index contributed by atoms with van der Waals surface area (Å²) in [6.45, 7) is 2.12. The van der Waals surface area contributed by atoms with E-state index in [1.54, 1.807) is 25.1 Å². The lowest BCUT2D eigenvalue weighted by Crippen LogP contribution is -2.15. The van der Waals surface area contributed by atoms with Crippen molar-refractivity contribution in [1.82, 2.24) is 0 Å². The van der Waals surface area contributed by atoms with Gasteiger partial charge in [0.15, 0.2) is 0 Å². The fourth-order valence-electron chi connectivity index (χ4n) is 1.92. The zero-order valence-corrected chi connectivity index (χ0v) is 12.8. The molecule has 0 aliphatic heterocycles. The maximum absolute atomic E-state index is 12.7. The average Bonchev–Trinajstić information content (AvgIpc) is 2.49. The number of nitrogens with one attached hydrogen (secondary N) is 1. The van der Waals surface area contributed by atoms with Gasteiger partial charge in [-0.15, -0.1) is 0 Å². The van der Waals surface area contributed by atoms with E-state index in [4.69, 9.17) is 16.3 Å². The van der Waals surface area contributed by atoms with Crippen molar-refractivity contribution < 1.29 is 22.7 Å². The van der Waals surface area contributed by atoms with Gasteiger partial charge >= 0.3 is 6.18 Å². The number of benzene rings is 2. The summed E-state index contributed by atoms with van der Waals surface area (Å²) < 4.78 is 43.6. The summed E-state index contributed by atoms with van der Waals surface area (Å²) >= 11 is 5.87. The zero-order chi connectivity index (χ0) is 17.0.